The van der Waals surface area contributed by atoms with Crippen molar-refractivity contribution in [2.45, 2.75) is 11.3 Å². The van der Waals surface area contributed by atoms with Gasteiger partial charge in [-0.2, -0.15) is 0 Å². The lowest BCUT2D eigenvalue weighted by molar-refractivity contribution is 0.475. The van der Waals surface area contributed by atoms with Gasteiger partial charge in [-0.3, -0.25) is 4.40 Å². The maximum Gasteiger partial charge on any atom is 0.238 e. The summed E-state index contributed by atoms with van der Waals surface area (Å²) in [6, 6.07) is 15.3. The smallest absolute Gasteiger partial charge is 0.238 e. The summed E-state index contributed by atoms with van der Waals surface area (Å²) < 4.78 is 25.6. The number of hydrogen-bond donors (Lipinski definition) is 3. The summed E-state index contributed by atoms with van der Waals surface area (Å²) in [5, 5.41) is 20.1. The number of hydrogen-bond acceptors (Lipinski definition) is 8. The third-order valence-electron chi connectivity index (χ3n) is 5.26. The number of anilines is 1. The molecule has 0 saturated carbocycles. The highest BCUT2D eigenvalue weighted by Gasteiger charge is 2.19. The van der Waals surface area contributed by atoms with Crippen LogP contribution in [0.15, 0.2) is 77.3 Å². The lowest BCUT2D eigenvalue weighted by Gasteiger charge is -2.10. The number of nitrogens with two attached hydrogens (primary N) is 1. The molecule has 9 nitrogen and oxygen atoms in total. The van der Waals surface area contributed by atoms with Crippen LogP contribution in [0.5, 0.6) is 5.75 Å². The second kappa shape index (κ2) is 8.86. The first-order valence-corrected chi connectivity index (χ1v) is 12.8. The number of thiazole rings is 1. The molecule has 0 aliphatic carbocycles. The van der Waals surface area contributed by atoms with E-state index in [0.717, 1.165) is 21.9 Å². The van der Waals surface area contributed by atoms with E-state index in [0.29, 0.717) is 30.2 Å². The summed E-state index contributed by atoms with van der Waals surface area (Å²) in [5.74, 6) is 0.594. The Morgan fingerprint density at radius 1 is 1.06 bits per heavy atom. The summed E-state index contributed by atoms with van der Waals surface area (Å²) >= 11 is 1.52. The van der Waals surface area contributed by atoms with Crippen molar-refractivity contribution >= 4 is 32.3 Å². The molecule has 3 aromatic heterocycles. The highest BCUT2D eigenvalue weighted by molar-refractivity contribution is 7.89. The van der Waals surface area contributed by atoms with E-state index < -0.39 is 10.0 Å². The molecule has 0 radical (unpaired) electrons. The third-order valence-corrected chi connectivity index (χ3v) is 7.03. The van der Waals surface area contributed by atoms with Crippen LogP contribution in [0, 0.1) is 0 Å². The molecule has 0 aliphatic rings. The Bertz CT molecular complexity index is 1580. The minimum atomic E-state index is -3.80. The fraction of sp³-hybridized carbons (Fsp3) is 0.0870. The van der Waals surface area contributed by atoms with Crippen molar-refractivity contribution < 1.29 is 13.5 Å². The molecule has 0 amide bonds. The number of aromatic hydroxyl groups is 1. The lowest BCUT2D eigenvalue weighted by Crippen LogP contribution is -2.16. The van der Waals surface area contributed by atoms with E-state index in [1.165, 1.54) is 17.4 Å². The molecule has 5 aromatic rings. The number of phenolic OH excluding ortho intramolecular Hbond substituents is 1. The van der Waals surface area contributed by atoms with Crippen molar-refractivity contribution in [2.75, 3.05) is 11.9 Å². The Kier molecular flexibility index (Phi) is 5.74. The summed E-state index contributed by atoms with van der Waals surface area (Å²) in [6.07, 6.45) is 4.03. The molecule has 2 aromatic carbocycles. The highest BCUT2D eigenvalue weighted by Crippen LogP contribution is 2.34. The molecule has 11 heteroatoms. The number of nitrogens with one attached hydrogen (secondary N) is 1. The van der Waals surface area contributed by atoms with Crippen molar-refractivity contribution in [3.8, 4) is 28.4 Å². The summed E-state index contributed by atoms with van der Waals surface area (Å²) in [5.41, 5.74) is 3.72. The molecule has 0 atom stereocenters. The largest absolute Gasteiger partial charge is 0.508 e. The van der Waals surface area contributed by atoms with Crippen LogP contribution in [0.25, 0.3) is 27.6 Å². The molecule has 34 heavy (non-hydrogen) atoms. The average molecular weight is 493 g/mol. The predicted octanol–water partition coefficient (Wildman–Crippen LogP) is 3.53. The van der Waals surface area contributed by atoms with Gasteiger partial charge in [-0.1, -0.05) is 18.2 Å². The van der Waals surface area contributed by atoms with Gasteiger partial charge < -0.3 is 10.4 Å². The number of sulfonamides is 1. The van der Waals surface area contributed by atoms with Crippen LogP contribution in [0.3, 0.4) is 0 Å². The Morgan fingerprint density at radius 3 is 2.65 bits per heavy atom. The number of nitrogens with zero attached hydrogens (tertiary/aromatic N) is 4. The van der Waals surface area contributed by atoms with E-state index in [-0.39, 0.29) is 10.6 Å². The summed E-state index contributed by atoms with van der Waals surface area (Å²) in [6.45, 7) is 0.418. The van der Waals surface area contributed by atoms with E-state index in [9.17, 15) is 13.5 Å². The number of fused-ring (bicyclic) bond motifs is 1. The first-order valence-electron chi connectivity index (χ1n) is 10.3. The number of aromatic nitrogens is 4. The minimum Gasteiger partial charge on any atom is -0.508 e. The maximum atomic E-state index is 11.8. The van der Waals surface area contributed by atoms with Gasteiger partial charge in [-0.15, -0.1) is 11.3 Å². The van der Waals surface area contributed by atoms with E-state index in [2.05, 4.69) is 15.3 Å². The second-order valence-electron chi connectivity index (χ2n) is 7.51. The van der Waals surface area contributed by atoms with Crippen LogP contribution in [0.2, 0.25) is 0 Å². The molecule has 0 unspecified atom stereocenters. The fourth-order valence-corrected chi connectivity index (χ4v) is 5.24. The zero-order chi connectivity index (χ0) is 23.7. The van der Waals surface area contributed by atoms with Gasteiger partial charge in [0.2, 0.25) is 16.0 Å². The molecule has 4 N–H and O–H groups in total. The molecule has 0 fully saturated rings. The zero-order valence-corrected chi connectivity index (χ0v) is 19.4. The van der Waals surface area contributed by atoms with Crippen LogP contribution in [-0.2, 0) is 16.4 Å². The summed E-state index contributed by atoms with van der Waals surface area (Å²) in [4.78, 5) is 14.7. The van der Waals surface area contributed by atoms with Gasteiger partial charge in [0.1, 0.15) is 11.4 Å². The molecule has 0 saturated heterocycles. The van der Waals surface area contributed by atoms with Gasteiger partial charge in [0.05, 0.1) is 16.3 Å². The summed E-state index contributed by atoms with van der Waals surface area (Å²) in [7, 11) is -3.80. The monoisotopic (exact) mass is 492 g/mol. The first-order chi connectivity index (χ1) is 16.4. The SMILES string of the molecule is NS(=O)(=O)c1ccccc1CCNc1nccc(-c2c(-c3ccc(O)cc3)nc3sccn23)n1. The molecule has 5 rings (SSSR count). The zero-order valence-electron chi connectivity index (χ0n) is 17.8. The van der Waals surface area contributed by atoms with Crippen LogP contribution < -0.4 is 10.5 Å². The van der Waals surface area contributed by atoms with Gasteiger partial charge in [0.25, 0.3) is 0 Å². The van der Waals surface area contributed by atoms with Crippen molar-refractivity contribution in [3.05, 3.63) is 77.9 Å². The molecular weight excluding hydrogens is 472 g/mol. The highest BCUT2D eigenvalue weighted by atomic mass is 32.2. The molecule has 0 aliphatic heterocycles. The molecule has 0 bridgehead atoms. The number of imidazole rings is 1. The van der Waals surface area contributed by atoms with Gasteiger partial charge in [-0.25, -0.2) is 28.5 Å². The van der Waals surface area contributed by atoms with Gasteiger partial charge in [-0.05, 0) is 48.4 Å². The van der Waals surface area contributed by atoms with Crippen molar-refractivity contribution in [2.24, 2.45) is 5.14 Å². The Balaban J connectivity index is 1.43. The van der Waals surface area contributed by atoms with Crippen LogP contribution in [0.4, 0.5) is 5.95 Å². The Morgan fingerprint density at radius 2 is 1.85 bits per heavy atom. The molecule has 3 heterocycles. The van der Waals surface area contributed by atoms with Crippen molar-refractivity contribution in [1.29, 1.82) is 0 Å². The van der Waals surface area contributed by atoms with E-state index in [1.54, 1.807) is 36.5 Å². The number of primary sulfonamides is 1. The second-order valence-corrected chi connectivity index (χ2v) is 9.91. The van der Waals surface area contributed by atoms with E-state index in [4.69, 9.17) is 10.1 Å². The van der Waals surface area contributed by atoms with E-state index in [1.807, 2.05) is 34.2 Å². The van der Waals surface area contributed by atoms with Gasteiger partial charge >= 0.3 is 0 Å². The first kappa shape index (κ1) is 22.0. The van der Waals surface area contributed by atoms with E-state index >= 15 is 0 Å². The quantitative estimate of drug-likeness (QED) is 0.316. The van der Waals surface area contributed by atoms with Gasteiger partial charge in [0, 0.05) is 29.9 Å². The van der Waals surface area contributed by atoms with Crippen LogP contribution >= 0.6 is 11.3 Å². The topological polar surface area (TPSA) is 136 Å². The number of benzene rings is 2. The molecule has 0 spiro atoms. The van der Waals surface area contributed by atoms with Crippen LogP contribution in [0.1, 0.15) is 5.56 Å². The predicted molar refractivity (Wildman–Crippen MR) is 131 cm³/mol. The Labute approximate surface area is 199 Å². The number of rotatable bonds is 7. The average Bonchev–Trinajstić information content (AvgIpc) is 3.41. The molecular formula is C23H20N6O3S2. The maximum absolute atomic E-state index is 11.8. The third kappa shape index (κ3) is 4.36. The van der Waals surface area contributed by atoms with Crippen LogP contribution in [-0.4, -0.2) is 39.4 Å². The fourth-order valence-electron chi connectivity index (χ4n) is 3.72. The normalized spacial score (nSPS) is 11.7. The van der Waals surface area contributed by atoms with Crippen molar-refractivity contribution in [3.63, 3.8) is 0 Å². The van der Waals surface area contributed by atoms with Gasteiger partial charge in [0.15, 0.2) is 4.96 Å². The minimum absolute atomic E-state index is 0.115. The standard InChI is InChI=1S/C23H20N6O3S2/c24-34(31,32)19-4-2-1-3-15(19)9-11-25-22-26-12-10-18(27-22)21-20(16-5-7-17(30)8-6-16)28-23-29(21)13-14-33-23/h1-8,10,12-14,30H,9,11H2,(H2,24,31,32)(H,25,26,27). The van der Waals surface area contributed by atoms with Crippen molar-refractivity contribution in [1.82, 2.24) is 19.4 Å². The molecule has 172 valence electrons. The Hall–Kier alpha value is -3.80. The number of phenols is 1. The lowest BCUT2D eigenvalue weighted by atomic mass is 10.1.